The molecule has 2 aromatic heterocycles. The Hall–Kier alpha value is -1.58. The van der Waals surface area contributed by atoms with Gasteiger partial charge in [-0.05, 0) is 31.9 Å². The number of nitrogens with one attached hydrogen (secondary N) is 2. The molecule has 0 bridgehead atoms. The van der Waals surface area contributed by atoms with Crippen LogP contribution in [0, 0.1) is 0 Å². The normalized spacial score (nSPS) is 14.0. The number of hydrogen-bond donors (Lipinski definition) is 2. The molecule has 8 heteroatoms. The Kier molecular flexibility index (Phi) is 7.54. The van der Waals surface area contributed by atoms with Gasteiger partial charge in [-0.1, -0.05) is 0 Å². The molecule has 132 valence electrons. The van der Waals surface area contributed by atoms with E-state index in [1.54, 1.807) is 0 Å². The second-order valence-corrected chi connectivity index (χ2v) is 5.68. The monoisotopic (exact) mass is 443 g/mol. The first-order chi connectivity index (χ1) is 11.4. The number of aliphatic imine (C=N–C) groups is 1. The predicted octanol–water partition coefficient (Wildman–Crippen LogP) is 1.79. The second kappa shape index (κ2) is 9.65. The SMILES string of the molecule is CCNC(=NCc1nnc2n1CCCC2)NCCn1cccc1.I. The molecule has 7 nitrogen and oxygen atoms in total. The minimum atomic E-state index is 0. The van der Waals surface area contributed by atoms with Crippen LogP contribution in [-0.4, -0.2) is 38.4 Å². The van der Waals surface area contributed by atoms with Gasteiger partial charge in [-0.25, -0.2) is 4.99 Å². The third kappa shape index (κ3) is 4.96. The van der Waals surface area contributed by atoms with E-state index in [0.29, 0.717) is 6.54 Å². The zero-order valence-electron chi connectivity index (χ0n) is 14.1. The zero-order valence-corrected chi connectivity index (χ0v) is 16.4. The van der Waals surface area contributed by atoms with Crippen LogP contribution in [0.25, 0.3) is 0 Å². The molecule has 0 saturated heterocycles. The highest BCUT2D eigenvalue weighted by Crippen LogP contribution is 2.14. The fourth-order valence-corrected chi connectivity index (χ4v) is 2.80. The Bertz CT molecular complexity index is 633. The van der Waals surface area contributed by atoms with Gasteiger partial charge >= 0.3 is 0 Å². The molecule has 3 rings (SSSR count). The topological polar surface area (TPSA) is 72.1 Å². The summed E-state index contributed by atoms with van der Waals surface area (Å²) >= 11 is 0. The molecule has 0 amide bonds. The maximum atomic E-state index is 4.64. The lowest BCUT2D eigenvalue weighted by atomic mass is 10.2. The molecular formula is C16H26IN7. The van der Waals surface area contributed by atoms with Gasteiger partial charge < -0.3 is 19.8 Å². The molecule has 0 radical (unpaired) electrons. The highest BCUT2D eigenvalue weighted by atomic mass is 127. The van der Waals surface area contributed by atoms with Gasteiger partial charge in [0.25, 0.3) is 0 Å². The standard InChI is InChI=1S/C16H25N7.HI/c1-2-17-16(18-8-12-22-9-5-6-10-22)19-13-15-21-20-14-7-3-4-11-23(14)15;/h5-6,9-10H,2-4,7-8,11-13H2,1H3,(H2,17,18,19);1H. The Morgan fingerprint density at radius 2 is 2.04 bits per heavy atom. The number of fused-ring (bicyclic) bond motifs is 1. The van der Waals surface area contributed by atoms with Crippen molar-refractivity contribution in [2.75, 3.05) is 13.1 Å². The van der Waals surface area contributed by atoms with E-state index < -0.39 is 0 Å². The summed E-state index contributed by atoms with van der Waals surface area (Å²) in [7, 11) is 0. The lowest BCUT2D eigenvalue weighted by molar-refractivity contribution is 0.508. The number of hydrogen-bond acceptors (Lipinski definition) is 3. The molecule has 1 aliphatic heterocycles. The van der Waals surface area contributed by atoms with E-state index in [2.05, 4.69) is 54.3 Å². The van der Waals surface area contributed by atoms with Gasteiger partial charge in [0.1, 0.15) is 12.4 Å². The van der Waals surface area contributed by atoms with Crippen molar-refractivity contribution in [3.8, 4) is 0 Å². The predicted molar refractivity (Wildman–Crippen MR) is 106 cm³/mol. The summed E-state index contributed by atoms with van der Waals surface area (Å²) in [5.74, 6) is 2.89. The molecule has 0 atom stereocenters. The van der Waals surface area contributed by atoms with E-state index in [-0.39, 0.29) is 24.0 Å². The maximum Gasteiger partial charge on any atom is 0.191 e. The van der Waals surface area contributed by atoms with Crippen molar-refractivity contribution < 1.29 is 0 Å². The fraction of sp³-hybridized carbons (Fsp3) is 0.562. The Morgan fingerprint density at radius 3 is 2.83 bits per heavy atom. The lowest BCUT2D eigenvalue weighted by Crippen LogP contribution is -2.38. The maximum absolute atomic E-state index is 4.64. The molecule has 2 N–H and O–H groups in total. The lowest BCUT2D eigenvalue weighted by Gasteiger charge is -2.15. The first-order valence-electron chi connectivity index (χ1n) is 8.40. The number of halogens is 1. The summed E-state index contributed by atoms with van der Waals surface area (Å²) in [6.45, 7) is 6.24. The third-order valence-corrected chi connectivity index (χ3v) is 3.99. The quantitative estimate of drug-likeness (QED) is 0.406. The van der Waals surface area contributed by atoms with Crippen LogP contribution in [-0.2, 0) is 26.1 Å². The molecule has 0 saturated carbocycles. The molecule has 1 aliphatic rings. The molecule has 0 aromatic carbocycles. The van der Waals surface area contributed by atoms with E-state index >= 15 is 0 Å². The van der Waals surface area contributed by atoms with Gasteiger partial charge in [0.05, 0.1) is 0 Å². The van der Waals surface area contributed by atoms with E-state index in [0.717, 1.165) is 50.2 Å². The molecule has 24 heavy (non-hydrogen) atoms. The minimum absolute atomic E-state index is 0. The van der Waals surface area contributed by atoms with Crippen LogP contribution in [0.5, 0.6) is 0 Å². The molecule has 2 aromatic rings. The number of aromatic nitrogens is 4. The van der Waals surface area contributed by atoms with Gasteiger partial charge in [0.15, 0.2) is 11.8 Å². The smallest absolute Gasteiger partial charge is 0.191 e. The Balaban J connectivity index is 0.00000208. The van der Waals surface area contributed by atoms with Crippen LogP contribution in [0.4, 0.5) is 0 Å². The summed E-state index contributed by atoms with van der Waals surface area (Å²) in [6, 6.07) is 4.07. The Labute approximate surface area is 160 Å². The van der Waals surface area contributed by atoms with Crippen molar-refractivity contribution in [1.82, 2.24) is 30.0 Å². The summed E-state index contributed by atoms with van der Waals surface area (Å²) in [5.41, 5.74) is 0. The number of nitrogens with zero attached hydrogens (tertiary/aromatic N) is 5. The molecular weight excluding hydrogens is 417 g/mol. The zero-order chi connectivity index (χ0) is 15.9. The fourth-order valence-electron chi connectivity index (χ4n) is 2.80. The van der Waals surface area contributed by atoms with Crippen LogP contribution in [0.2, 0.25) is 0 Å². The first kappa shape index (κ1) is 18.8. The van der Waals surface area contributed by atoms with Crippen molar-refractivity contribution in [3.05, 3.63) is 36.2 Å². The highest BCUT2D eigenvalue weighted by molar-refractivity contribution is 14.0. The second-order valence-electron chi connectivity index (χ2n) is 5.68. The number of guanidine groups is 1. The van der Waals surface area contributed by atoms with Gasteiger partial charge in [-0.2, -0.15) is 0 Å². The molecule has 0 spiro atoms. The summed E-state index contributed by atoms with van der Waals surface area (Å²) in [4.78, 5) is 4.64. The van der Waals surface area contributed by atoms with Crippen molar-refractivity contribution >= 4 is 29.9 Å². The van der Waals surface area contributed by atoms with Crippen LogP contribution >= 0.6 is 24.0 Å². The number of rotatable bonds is 6. The third-order valence-electron chi connectivity index (χ3n) is 3.99. The number of aryl methyl sites for hydroxylation is 1. The molecule has 0 aliphatic carbocycles. The largest absolute Gasteiger partial charge is 0.357 e. The molecule has 3 heterocycles. The van der Waals surface area contributed by atoms with E-state index in [4.69, 9.17) is 0 Å². The van der Waals surface area contributed by atoms with Gasteiger partial charge in [0, 0.05) is 45.0 Å². The average Bonchev–Trinajstić information content (AvgIpc) is 3.22. The summed E-state index contributed by atoms with van der Waals surface area (Å²) < 4.78 is 4.36. The van der Waals surface area contributed by atoms with Crippen molar-refractivity contribution in [1.29, 1.82) is 0 Å². The molecule has 0 fully saturated rings. The van der Waals surface area contributed by atoms with Gasteiger partial charge in [0.2, 0.25) is 0 Å². The van der Waals surface area contributed by atoms with Crippen LogP contribution in [0.3, 0.4) is 0 Å². The minimum Gasteiger partial charge on any atom is -0.357 e. The van der Waals surface area contributed by atoms with E-state index in [9.17, 15) is 0 Å². The van der Waals surface area contributed by atoms with Crippen LogP contribution < -0.4 is 10.6 Å². The first-order valence-corrected chi connectivity index (χ1v) is 8.40. The highest BCUT2D eigenvalue weighted by Gasteiger charge is 2.15. The van der Waals surface area contributed by atoms with Crippen LogP contribution in [0.15, 0.2) is 29.5 Å². The van der Waals surface area contributed by atoms with Crippen molar-refractivity contribution in [2.24, 2.45) is 4.99 Å². The molecule has 0 unspecified atom stereocenters. The Morgan fingerprint density at radius 1 is 1.21 bits per heavy atom. The van der Waals surface area contributed by atoms with Gasteiger partial charge in [-0.3, -0.25) is 0 Å². The summed E-state index contributed by atoms with van der Waals surface area (Å²) in [5, 5.41) is 15.2. The van der Waals surface area contributed by atoms with E-state index in [1.165, 1.54) is 12.8 Å². The average molecular weight is 443 g/mol. The summed E-state index contributed by atoms with van der Waals surface area (Å²) in [6.07, 6.45) is 7.58. The van der Waals surface area contributed by atoms with Gasteiger partial charge in [-0.15, -0.1) is 34.2 Å². The van der Waals surface area contributed by atoms with Crippen molar-refractivity contribution in [2.45, 2.75) is 45.8 Å². The van der Waals surface area contributed by atoms with Crippen LogP contribution in [0.1, 0.15) is 31.4 Å². The van der Waals surface area contributed by atoms with E-state index in [1.807, 2.05) is 12.1 Å². The van der Waals surface area contributed by atoms with Crippen molar-refractivity contribution in [3.63, 3.8) is 0 Å².